The maximum Gasteiger partial charge on any atom is 1.00 e. The minimum atomic E-state index is -0.595. The van der Waals surface area contributed by atoms with Gasteiger partial charge in [-0.05, 0) is 17.2 Å². The molecule has 2 aromatic rings. The molecule has 0 fully saturated rings. The van der Waals surface area contributed by atoms with Crippen LogP contribution < -0.4 is 29.6 Å². The molecule has 0 spiro atoms. The summed E-state index contributed by atoms with van der Waals surface area (Å²) in [6.45, 7) is 0. The Morgan fingerprint density at radius 3 is 2.29 bits per heavy atom. The van der Waals surface area contributed by atoms with Crippen LogP contribution in [-0.4, -0.2) is 10.0 Å². The molecule has 17 heavy (non-hydrogen) atoms. The Kier molecular flexibility index (Phi) is 4.69. The number of phenols is 1. The molecule has 0 aliphatic rings. The van der Waals surface area contributed by atoms with E-state index in [2.05, 4.69) is 0 Å². The molecule has 2 rings (SSSR count). The van der Waals surface area contributed by atoms with Gasteiger partial charge in [-0.2, -0.15) is 0 Å². The number of phenolic OH excluding ortho intramolecular Hbond substituents is 1. The number of hydrogen-bond donors (Lipinski definition) is 1. The van der Waals surface area contributed by atoms with Crippen LogP contribution in [0, 0.1) is 10.1 Å². The third-order valence-corrected chi connectivity index (χ3v) is 2.28. The first kappa shape index (κ1) is 13.7. The molecule has 0 saturated heterocycles. The molecule has 0 heterocycles. The fourth-order valence-corrected chi connectivity index (χ4v) is 1.48. The topological polar surface area (TPSA) is 63.4 Å². The zero-order valence-electron chi connectivity index (χ0n) is 10.3. The quantitative estimate of drug-likeness (QED) is 0.458. The smallest absolute Gasteiger partial charge is 1.00 e. The van der Waals surface area contributed by atoms with Crippen molar-refractivity contribution < 1.29 is 41.0 Å². The number of nitrogens with zero attached hydrogens (tertiary/aromatic N) is 1. The van der Waals surface area contributed by atoms with E-state index in [0.29, 0.717) is 5.56 Å². The molecule has 0 aliphatic heterocycles. The second-order valence-electron chi connectivity index (χ2n) is 3.33. The Morgan fingerprint density at radius 2 is 1.71 bits per heavy atom. The van der Waals surface area contributed by atoms with Crippen molar-refractivity contribution in [3.63, 3.8) is 0 Å². The Labute approximate surface area is 122 Å². The standard InChI is InChI=1S/C12H9NO3.Na.H/c14-12-7-6-10(8-11(12)13(15)16)9-4-2-1-3-5-9;;/h1-8,14H;;/q;+1;-1. The van der Waals surface area contributed by atoms with Gasteiger partial charge in [0.25, 0.3) is 0 Å². The van der Waals surface area contributed by atoms with E-state index in [1.807, 2.05) is 30.3 Å². The third kappa shape index (κ3) is 3.06. The van der Waals surface area contributed by atoms with Gasteiger partial charge >= 0.3 is 35.2 Å². The molecule has 1 N–H and O–H groups in total. The normalized spacial score (nSPS) is 9.41. The van der Waals surface area contributed by atoms with E-state index in [4.69, 9.17) is 0 Å². The molecule has 0 amide bonds. The summed E-state index contributed by atoms with van der Waals surface area (Å²) in [7, 11) is 0. The predicted molar refractivity (Wildman–Crippen MR) is 61.3 cm³/mol. The van der Waals surface area contributed by atoms with E-state index >= 15 is 0 Å². The van der Waals surface area contributed by atoms with Gasteiger partial charge in [-0.3, -0.25) is 10.1 Å². The van der Waals surface area contributed by atoms with E-state index < -0.39 is 4.92 Å². The molecule has 0 saturated carbocycles. The molecular formula is C12H10NNaO3. The SMILES string of the molecule is O=[N+]([O-])c1cc(-c2ccccc2)ccc1O.[H-].[Na+]. The maximum absolute atomic E-state index is 10.7. The number of hydrogen-bond acceptors (Lipinski definition) is 3. The van der Waals surface area contributed by atoms with E-state index in [9.17, 15) is 15.2 Å². The van der Waals surface area contributed by atoms with Crippen LogP contribution in [0.2, 0.25) is 0 Å². The van der Waals surface area contributed by atoms with Crippen LogP contribution in [0.15, 0.2) is 48.5 Å². The van der Waals surface area contributed by atoms with Gasteiger partial charge in [0.15, 0.2) is 5.75 Å². The summed E-state index contributed by atoms with van der Waals surface area (Å²) in [5, 5.41) is 20.0. The molecule has 4 nitrogen and oxygen atoms in total. The molecule has 0 aliphatic carbocycles. The van der Waals surface area contributed by atoms with Crippen LogP contribution in [-0.2, 0) is 0 Å². The van der Waals surface area contributed by atoms with Gasteiger partial charge in [-0.15, -0.1) is 0 Å². The zero-order valence-corrected chi connectivity index (χ0v) is 11.3. The largest absolute Gasteiger partial charge is 1.00 e. The Hall–Kier alpha value is -1.36. The zero-order chi connectivity index (χ0) is 11.5. The van der Waals surface area contributed by atoms with E-state index in [1.165, 1.54) is 12.1 Å². The molecule has 0 aromatic heterocycles. The molecule has 5 heteroatoms. The summed E-state index contributed by atoms with van der Waals surface area (Å²) in [6, 6.07) is 13.6. The second kappa shape index (κ2) is 5.82. The average molecular weight is 239 g/mol. The summed E-state index contributed by atoms with van der Waals surface area (Å²) >= 11 is 0. The van der Waals surface area contributed by atoms with Crippen LogP contribution in [0.5, 0.6) is 5.75 Å². The molecular weight excluding hydrogens is 229 g/mol. The first-order valence-electron chi connectivity index (χ1n) is 4.71. The van der Waals surface area contributed by atoms with Gasteiger partial charge in [0.1, 0.15) is 0 Å². The fourth-order valence-electron chi connectivity index (χ4n) is 1.48. The van der Waals surface area contributed by atoms with Crippen molar-refractivity contribution in [1.82, 2.24) is 0 Å². The van der Waals surface area contributed by atoms with Crippen LogP contribution in [0.3, 0.4) is 0 Å². The predicted octanol–water partition coefficient (Wildman–Crippen LogP) is 0.0839. The fraction of sp³-hybridized carbons (Fsp3) is 0. The number of benzene rings is 2. The minimum Gasteiger partial charge on any atom is -1.00 e. The Balaban J connectivity index is 0.00000144. The first-order chi connectivity index (χ1) is 7.68. The molecule has 0 unspecified atom stereocenters. The summed E-state index contributed by atoms with van der Waals surface area (Å²) in [6.07, 6.45) is 0. The number of aromatic hydroxyl groups is 1. The summed E-state index contributed by atoms with van der Waals surface area (Å²) in [5.74, 6) is -0.315. The van der Waals surface area contributed by atoms with Gasteiger partial charge in [-0.25, -0.2) is 0 Å². The molecule has 0 radical (unpaired) electrons. The summed E-state index contributed by atoms with van der Waals surface area (Å²) in [4.78, 5) is 10.1. The number of rotatable bonds is 2. The molecule has 82 valence electrons. The van der Waals surface area contributed by atoms with Crippen molar-refractivity contribution in [2.75, 3.05) is 0 Å². The average Bonchev–Trinajstić information content (AvgIpc) is 2.30. The van der Waals surface area contributed by atoms with Crippen molar-refractivity contribution in [1.29, 1.82) is 0 Å². The van der Waals surface area contributed by atoms with Gasteiger partial charge in [-0.1, -0.05) is 36.4 Å². The van der Waals surface area contributed by atoms with Crippen LogP contribution in [0.1, 0.15) is 1.43 Å². The van der Waals surface area contributed by atoms with Gasteiger partial charge in [0, 0.05) is 6.07 Å². The van der Waals surface area contributed by atoms with Crippen molar-refractivity contribution >= 4 is 5.69 Å². The molecule has 2 aromatic carbocycles. The van der Waals surface area contributed by atoms with Crippen molar-refractivity contribution in [3.8, 4) is 16.9 Å². The van der Waals surface area contributed by atoms with Crippen LogP contribution in [0.25, 0.3) is 11.1 Å². The Bertz CT molecular complexity index is 534. The minimum absolute atomic E-state index is 0. The first-order valence-corrected chi connectivity index (χ1v) is 4.71. The monoisotopic (exact) mass is 239 g/mol. The van der Waals surface area contributed by atoms with Gasteiger partial charge in [0.05, 0.1) is 4.92 Å². The van der Waals surface area contributed by atoms with Gasteiger partial charge in [0.2, 0.25) is 0 Å². The van der Waals surface area contributed by atoms with Crippen LogP contribution in [0.4, 0.5) is 5.69 Å². The van der Waals surface area contributed by atoms with E-state index in [1.54, 1.807) is 6.07 Å². The van der Waals surface area contributed by atoms with E-state index in [0.717, 1.165) is 5.56 Å². The van der Waals surface area contributed by atoms with Crippen LogP contribution >= 0.6 is 0 Å². The van der Waals surface area contributed by atoms with E-state index in [-0.39, 0.29) is 42.4 Å². The summed E-state index contributed by atoms with van der Waals surface area (Å²) < 4.78 is 0. The maximum atomic E-state index is 10.7. The number of nitro benzene ring substituents is 1. The third-order valence-electron chi connectivity index (χ3n) is 2.28. The Morgan fingerprint density at radius 1 is 1.06 bits per heavy atom. The molecule has 0 atom stereocenters. The van der Waals surface area contributed by atoms with Crippen molar-refractivity contribution in [3.05, 3.63) is 58.6 Å². The molecule has 0 bridgehead atoms. The van der Waals surface area contributed by atoms with Crippen molar-refractivity contribution in [2.45, 2.75) is 0 Å². The van der Waals surface area contributed by atoms with Crippen molar-refractivity contribution in [2.24, 2.45) is 0 Å². The second-order valence-corrected chi connectivity index (χ2v) is 3.33. The number of nitro groups is 1. The summed E-state index contributed by atoms with van der Waals surface area (Å²) in [5.41, 5.74) is 1.32. The van der Waals surface area contributed by atoms with Gasteiger partial charge < -0.3 is 6.53 Å².